The molecule has 0 bridgehead atoms. The van der Waals surface area contributed by atoms with Crippen LogP contribution in [0, 0.1) is 0 Å². The van der Waals surface area contributed by atoms with Crippen molar-refractivity contribution < 1.29 is 0 Å². The molecule has 6 heteroatoms. The number of aromatic nitrogens is 6. The summed E-state index contributed by atoms with van der Waals surface area (Å²) in [6, 6.07) is 85.0. The van der Waals surface area contributed by atoms with E-state index in [1.165, 1.54) is 21.5 Å². The molecule has 0 spiro atoms. The van der Waals surface area contributed by atoms with Crippen LogP contribution in [-0.2, 0) is 0 Å². The molecule has 68 heavy (non-hydrogen) atoms. The lowest BCUT2D eigenvalue weighted by atomic mass is 10.1. The molecule has 0 saturated heterocycles. The monoisotopic (exact) mass is 868 g/mol. The predicted molar refractivity (Wildman–Crippen MR) is 279 cm³/mol. The molecule has 0 fully saturated rings. The second-order valence-electron chi connectivity index (χ2n) is 17.1. The number of hydrogen-bond donors (Lipinski definition) is 0. The highest BCUT2D eigenvalue weighted by atomic mass is 15.0. The molecule has 318 valence electrons. The Labute approximate surface area is 392 Å². The van der Waals surface area contributed by atoms with E-state index in [1.54, 1.807) is 0 Å². The number of rotatable bonds is 8. The molecule has 0 saturated carbocycles. The minimum Gasteiger partial charge on any atom is -0.309 e. The first-order chi connectivity index (χ1) is 33.7. The lowest BCUT2D eigenvalue weighted by Gasteiger charge is -2.12. The summed E-state index contributed by atoms with van der Waals surface area (Å²) >= 11 is 0. The van der Waals surface area contributed by atoms with E-state index in [0.717, 1.165) is 89.6 Å². The highest BCUT2D eigenvalue weighted by Crippen LogP contribution is 2.40. The number of para-hydroxylation sites is 2. The molecule has 4 heterocycles. The summed E-state index contributed by atoms with van der Waals surface area (Å²) in [6.45, 7) is 0. The lowest BCUT2D eigenvalue weighted by Crippen LogP contribution is -1.98. The highest BCUT2D eigenvalue weighted by Gasteiger charge is 2.20. The molecule has 0 amide bonds. The van der Waals surface area contributed by atoms with Crippen molar-refractivity contribution in [2.24, 2.45) is 0 Å². The molecule has 0 unspecified atom stereocenters. The van der Waals surface area contributed by atoms with Gasteiger partial charge in [0, 0.05) is 66.3 Å². The van der Waals surface area contributed by atoms with Crippen LogP contribution in [0.4, 0.5) is 0 Å². The van der Waals surface area contributed by atoms with Crippen LogP contribution in [0.1, 0.15) is 0 Å². The molecular weight excluding hydrogens is 829 g/mol. The zero-order valence-corrected chi connectivity index (χ0v) is 36.8. The van der Waals surface area contributed by atoms with Crippen LogP contribution >= 0.6 is 0 Å². The van der Waals surface area contributed by atoms with Gasteiger partial charge in [0.15, 0.2) is 11.6 Å². The zero-order valence-electron chi connectivity index (χ0n) is 36.8. The van der Waals surface area contributed by atoms with Gasteiger partial charge in [-0.15, -0.1) is 0 Å². The van der Waals surface area contributed by atoms with Crippen molar-refractivity contribution in [1.29, 1.82) is 0 Å². The van der Waals surface area contributed by atoms with Crippen molar-refractivity contribution in [3.8, 4) is 79.2 Å². The van der Waals surface area contributed by atoms with E-state index in [4.69, 9.17) is 19.9 Å². The average molecular weight is 869 g/mol. The molecule has 0 atom stereocenters. The van der Waals surface area contributed by atoms with Gasteiger partial charge in [0.05, 0.1) is 44.8 Å². The second-order valence-corrected chi connectivity index (χ2v) is 17.1. The van der Waals surface area contributed by atoms with Crippen molar-refractivity contribution in [1.82, 2.24) is 29.1 Å². The fraction of sp³-hybridized carbons (Fsp3) is 0. The Balaban J connectivity index is 0.936. The summed E-state index contributed by atoms with van der Waals surface area (Å²) in [5.41, 5.74) is 16.3. The quantitative estimate of drug-likeness (QED) is 0.153. The van der Waals surface area contributed by atoms with E-state index in [1.807, 2.05) is 72.8 Å². The summed E-state index contributed by atoms with van der Waals surface area (Å²) in [6.07, 6.45) is 0. The van der Waals surface area contributed by atoms with Crippen LogP contribution in [0.15, 0.2) is 243 Å². The SMILES string of the molecule is c1ccc(-c2cc(-c3ccccc3)nc(-c3ccc(-n4c5ccccc5c5cc6c7ccccc7n(-c7ccc(-c8nc(-c9ccccc9)cc(-c9ccccc9)n8)cc7)c6cc54)cc3)n2)cc1. The molecule has 0 N–H and O–H groups in total. The van der Waals surface area contributed by atoms with Gasteiger partial charge in [0.2, 0.25) is 0 Å². The van der Waals surface area contributed by atoms with Gasteiger partial charge < -0.3 is 9.13 Å². The fourth-order valence-corrected chi connectivity index (χ4v) is 9.69. The molecular formula is C62H40N6. The highest BCUT2D eigenvalue weighted by molar-refractivity contribution is 6.19. The topological polar surface area (TPSA) is 61.4 Å². The summed E-state index contributed by atoms with van der Waals surface area (Å²) in [5, 5.41) is 4.81. The molecule has 0 aliphatic rings. The van der Waals surface area contributed by atoms with Gasteiger partial charge in [-0.2, -0.15) is 0 Å². The standard InChI is InChI=1S/C62H40N6/c1-5-17-41(18-6-1)53-38-54(42-19-7-2-8-20-42)64-61(63-53)45-29-33-47(34-30-45)67-57-27-15-13-25-49(57)51-37-52-50-26-14-16-28-58(50)68(60(52)40-59(51)67)48-35-31-46(32-36-48)62-65-55(43-21-9-3-10-22-43)39-56(66-62)44-23-11-4-12-24-44/h1-40H. The minimum absolute atomic E-state index is 0.684. The van der Waals surface area contributed by atoms with E-state index in [9.17, 15) is 0 Å². The van der Waals surface area contributed by atoms with Crippen molar-refractivity contribution in [3.63, 3.8) is 0 Å². The van der Waals surface area contributed by atoms with Crippen LogP contribution in [0.25, 0.3) is 123 Å². The van der Waals surface area contributed by atoms with Gasteiger partial charge in [-0.1, -0.05) is 158 Å². The third kappa shape index (κ3) is 6.82. The van der Waals surface area contributed by atoms with Crippen LogP contribution in [0.2, 0.25) is 0 Å². The largest absolute Gasteiger partial charge is 0.309 e. The normalized spacial score (nSPS) is 11.5. The third-order valence-electron chi connectivity index (χ3n) is 13.0. The smallest absolute Gasteiger partial charge is 0.160 e. The molecule has 0 aliphatic carbocycles. The Hall–Kier alpha value is -9.26. The summed E-state index contributed by atoms with van der Waals surface area (Å²) in [4.78, 5) is 20.5. The Bertz CT molecular complexity index is 3600. The summed E-state index contributed by atoms with van der Waals surface area (Å²) in [5.74, 6) is 1.37. The maximum absolute atomic E-state index is 5.11. The first-order valence-corrected chi connectivity index (χ1v) is 22.9. The first-order valence-electron chi connectivity index (χ1n) is 22.9. The van der Waals surface area contributed by atoms with Gasteiger partial charge >= 0.3 is 0 Å². The van der Waals surface area contributed by atoms with E-state index in [2.05, 4.69) is 179 Å². The molecule has 4 aromatic heterocycles. The minimum atomic E-state index is 0.684. The average Bonchev–Trinajstić information content (AvgIpc) is 3.93. The predicted octanol–water partition coefficient (Wildman–Crippen LogP) is 15.5. The number of hydrogen-bond acceptors (Lipinski definition) is 4. The second kappa shape index (κ2) is 16.3. The molecule has 0 radical (unpaired) electrons. The van der Waals surface area contributed by atoms with Crippen molar-refractivity contribution in [2.75, 3.05) is 0 Å². The maximum Gasteiger partial charge on any atom is 0.160 e. The van der Waals surface area contributed by atoms with Gasteiger partial charge in [0.1, 0.15) is 0 Å². The van der Waals surface area contributed by atoms with Gasteiger partial charge in [-0.05, 0) is 84.9 Å². The van der Waals surface area contributed by atoms with E-state index in [-0.39, 0.29) is 0 Å². The number of fused-ring (bicyclic) bond motifs is 6. The Morgan fingerprint density at radius 2 is 0.529 bits per heavy atom. The van der Waals surface area contributed by atoms with Gasteiger partial charge in [-0.25, -0.2) is 19.9 Å². The molecule has 0 aliphatic heterocycles. The molecule has 13 aromatic rings. The lowest BCUT2D eigenvalue weighted by molar-refractivity contribution is 1.15. The van der Waals surface area contributed by atoms with Crippen molar-refractivity contribution in [2.45, 2.75) is 0 Å². The van der Waals surface area contributed by atoms with E-state index < -0.39 is 0 Å². The first kappa shape index (κ1) is 39.1. The van der Waals surface area contributed by atoms with E-state index in [0.29, 0.717) is 11.6 Å². The Kier molecular flexibility index (Phi) is 9.39. The van der Waals surface area contributed by atoms with Crippen LogP contribution in [0.5, 0.6) is 0 Å². The van der Waals surface area contributed by atoms with Crippen LogP contribution in [-0.4, -0.2) is 29.1 Å². The molecule has 6 nitrogen and oxygen atoms in total. The number of nitrogens with zero attached hydrogens (tertiary/aromatic N) is 6. The molecule has 13 rings (SSSR count). The van der Waals surface area contributed by atoms with Crippen LogP contribution < -0.4 is 0 Å². The summed E-state index contributed by atoms with van der Waals surface area (Å²) in [7, 11) is 0. The number of benzene rings is 9. The zero-order chi connectivity index (χ0) is 45.0. The van der Waals surface area contributed by atoms with Crippen molar-refractivity contribution >= 4 is 43.6 Å². The Morgan fingerprint density at radius 1 is 0.221 bits per heavy atom. The summed E-state index contributed by atoms with van der Waals surface area (Å²) < 4.78 is 4.77. The van der Waals surface area contributed by atoms with Crippen LogP contribution in [0.3, 0.4) is 0 Å². The fourth-order valence-electron chi connectivity index (χ4n) is 9.69. The van der Waals surface area contributed by atoms with Crippen molar-refractivity contribution in [3.05, 3.63) is 243 Å². The van der Waals surface area contributed by atoms with E-state index >= 15 is 0 Å². The molecule has 9 aromatic carbocycles. The Morgan fingerprint density at radius 3 is 0.868 bits per heavy atom. The van der Waals surface area contributed by atoms with Gasteiger partial charge in [0.25, 0.3) is 0 Å². The van der Waals surface area contributed by atoms with Gasteiger partial charge in [-0.3, -0.25) is 0 Å². The third-order valence-corrected chi connectivity index (χ3v) is 13.0. The maximum atomic E-state index is 5.11.